The number of carbonyl (C=O) groups excluding carboxylic acids is 1. The normalized spacial score (nSPS) is 27.2. The van der Waals surface area contributed by atoms with E-state index in [4.69, 9.17) is 10.5 Å². The molecule has 2 unspecified atom stereocenters. The molecule has 1 saturated carbocycles. The van der Waals surface area contributed by atoms with Gasteiger partial charge in [0.05, 0.1) is 7.11 Å². The van der Waals surface area contributed by atoms with E-state index in [1.54, 1.807) is 0 Å². The van der Waals surface area contributed by atoms with Crippen LogP contribution in [0.4, 0.5) is 0 Å². The lowest BCUT2D eigenvalue weighted by molar-refractivity contribution is -0.147. The van der Waals surface area contributed by atoms with Crippen LogP contribution in [0.5, 0.6) is 0 Å². The van der Waals surface area contributed by atoms with Gasteiger partial charge in [-0.25, -0.2) is 0 Å². The Kier molecular flexibility index (Phi) is 6.27. The van der Waals surface area contributed by atoms with Crippen LogP contribution in [0.1, 0.15) is 59.3 Å². The highest BCUT2D eigenvalue weighted by Crippen LogP contribution is 2.33. The van der Waals surface area contributed by atoms with Crippen LogP contribution < -0.4 is 5.73 Å². The van der Waals surface area contributed by atoms with Crippen LogP contribution in [0, 0.1) is 0 Å². The molecular formula is C15H30N2O2. The summed E-state index contributed by atoms with van der Waals surface area (Å²) in [5, 5.41) is 0. The molecule has 19 heavy (non-hydrogen) atoms. The first kappa shape index (κ1) is 16.4. The number of hydrogen-bond acceptors (Lipinski definition) is 4. The second-order valence-electron chi connectivity index (χ2n) is 6.08. The van der Waals surface area contributed by atoms with Crippen molar-refractivity contribution in [2.45, 2.75) is 76.9 Å². The number of ether oxygens (including phenoxy) is 1. The minimum Gasteiger partial charge on any atom is -0.468 e. The topological polar surface area (TPSA) is 55.6 Å². The van der Waals surface area contributed by atoms with Crippen LogP contribution in [-0.4, -0.2) is 42.1 Å². The molecule has 0 aromatic carbocycles. The van der Waals surface area contributed by atoms with Crippen LogP contribution in [0.25, 0.3) is 0 Å². The van der Waals surface area contributed by atoms with Crippen molar-refractivity contribution in [2.24, 2.45) is 5.73 Å². The second-order valence-corrected chi connectivity index (χ2v) is 6.08. The minimum atomic E-state index is -0.767. The van der Waals surface area contributed by atoms with Crippen LogP contribution in [0.15, 0.2) is 0 Å². The van der Waals surface area contributed by atoms with Gasteiger partial charge in [0.25, 0.3) is 0 Å². The van der Waals surface area contributed by atoms with Gasteiger partial charge in [-0.15, -0.1) is 0 Å². The van der Waals surface area contributed by atoms with Gasteiger partial charge >= 0.3 is 5.97 Å². The van der Waals surface area contributed by atoms with E-state index in [-0.39, 0.29) is 5.97 Å². The number of esters is 1. The molecule has 0 amide bonds. The molecule has 0 radical (unpaired) electrons. The zero-order valence-corrected chi connectivity index (χ0v) is 12.9. The molecule has 112 valence electrons. The maximum Gasteiger partial charge on any atom is 0.325 e. The Balaban J connectivity index is 2.60. The van der Waals surface area contributed by atoms with E-state index in [0.29, 0.717) is 12.1 Å². The molecule has 0 aromatic heterocycles. The molecule has 1 aliphatic carbocycles. The summed E-state index contributed by atoms with van der Waals surface area (Å²) in [7, 11) is 1.42. The Bertz CT molecular complexity index is 294. The number of unbranched alkanes of at least 4 members (excludes halogenated alkanes) is 2. The summed E-state index contributed by atoms with van der Waals surface area (Å²) < 4.78 is 4.84. The summed E-state index contributed by atoms with van der Waals surface area (Å²) in [6, 6.07) is 0.919. The van der Waals surface area contributed by atoms with Crippen LogP contribution in [-0.2, 0) is 9.53 Å². The van der Waals surface area contributed by atoms with Crippen molar-refractivity contribution in [3.63, 3.8) is 0 Å². The van der Waals surface area contributed by atoms with Crippen molar-refractivity contribution < 1.29 is 9.53 Å². The monoisotopic (exact) mass is 270 g/mol. The van der Waals surface area contributed by atoms with E-state index >= 15 is 0 Å². The Morgan fingerprint density at radius 3 is 2.68 bits per heavy atom. The highest BCUT2D eigenvalue weighted by atomic mass is 16.5. The lowest BCUT2D eigenvalue weighted by Gasteiger charge is -2.33. The molecule has 1 rings (SSSR count). The van der Waals surface area contributed by atoms with E-state index < -0.39 is 5.54 Å². The smallest absolute Gasteiger partial charge is 0.325 e. The number of nitrogens with zero attached hydrogens (tertiary/aromatic N) is 1. The van der Waals surface area contributed by atoms with Crippen LogP contribution >= 0.6 is 0 Å². The summed E-state index contributed by atoms with van der Waals surface area (Å²) in [5.41, 5.74) is 5.43. The fraction of sp³-hybridized carbons (Fsp3) is 0.933. The quantitative estimate of drug-likeness (QED) is 0.570. The summed E-state index contributed by atoms with van der Waals surface area (Å²) >= 11 is 0. The average Bonchev–Trinajstić information content (AvgIpc) is 2.77. The molecule has 4 heteroatoms. The number of hydrogen-bond donors (Lipinski definition) is 1. The zero-order chi connectivity index (χ0) is 14.5. The molecule has 1 fully saturated rings. The molecule has 0 bridgehead atoms. The van der Waals surface area contributed by atoms with E-state index in [1.807, 2.05) is 0 Å². The number of nitrogens with two attached hydrogens (primary N) is 1. The van der Waals surface area contributed by atoms with E-state index in [0.717, 1.165) is 25.8 Å². The third-order valence-corrected chi connectivity index (χ3v) is 4.27. The van der Waals surface area contributed by atoms with Crippen molar-refractivity contribution >= 4 is 5.97 Å². The first-order valence-electron chi connectivity index (χ1n) is 7.57. The molecule has 2 atom stereocenters. The van der Waals surface area contributed by atoms with Gasteiger partial charge in [0, 0.05) is 12.1 Å². The number of rotatable bonds is 7. The predicted octanol–water partition coefficient (Wildman–Crippen LogP) is 2.31. The Morgan fingerprint density at radius 1 is 1.47 bits per heavy atom. The lowest BCUT2D eigenvalue weighted by Crippen LogP contribution is -2.49. The zero-order valence-electron chi connectivity index (χ0n) is 12.9. The van der Waals surface area contributed by atoms with Gasteiger partial charge in [0.15, 0.2) is 0 Å². The molecule has 4 nitrogen and oxygen atoms in total. The van der Waals surface area contributed by atoms with Crippen molar-refractivity contribution in [3.05, 3.63) is 0 Å². The minimum absolute atomic E-state index is 0.257. The Hall–Kier alpha value is -0.610. The maximum atomic E-state index is 11.8. The van der Waals surface area contributed by atoms with Crippen molar-refractivity contribution in [3.8, 4) is 0 Å². The fourth-order valence-corrected chi connectivity index (χ4v) is 3.13. The second kappa shape index (κ2) is 7.25. The first-order valence-corrected chi connectivity index (χ1v) is 7.57. The van der Waals surface area contributed by atoms with Gasteiger partial charge in [0.1, 0.15) is 5.54 Å². The highest BCUT2D eigenvalue weighted by Gasteiger charge is 2.44. The molecule has 1 aliphatic rings. The van der Waals surface area contributed by atoms with Crippen molar-refractivity contribution in [1.82, 2.24) is 4.90 Å². The molecule has 0 saturated heterocycles. The first-order chi connectivity index (χ1) is 8.94. The van der Waals surface area contributed by atoms with Crippen LogP contribution in [0.3, 0.4) is 0 Å². The van der Waals surface area contributed by atoms with E-state index in [9.17, 15) is 4.79 Å². The largest absolute Gasteiger partial charge is 0.468 e. The Labute approximate surface area is 117 Å². The van der Waals surface area contributed by atoms with Gasteiger partial charge in [-0.3, -0.25) is 9.69 Å². The van der Waals surface area contributed by atoms with Crippen LogP contribution in [0.2, 0.25) is 0 Å². The van der Waals surface area contributed by atoms with Gasteiger partial charge in [-0.05, 0) is 46.1 Å². The number of carbonyl (C=O) groups is 1. The molecule has 0 aliphatic heterocycles. The lowest BCUT2D eigenvalue weighted by atomic mass is 9.98. The third kappa shape index (κ3) is 4.18. The molecule has 0 spiro atoms. The maximum absolute atomic E-state index is 11.8. The van der Waals surface area contributed by atoms with Gasteiger partial charge in [0.2, 0.25) is 0 Å². The SMILES string of the molecule is CCCCCN(C(C)C)C1CCC(N)(C(=O)OC)C1. The predicted molar refractivity (Wildman–Crippen MR) is 77.9 cm³/mol. The summed E-state index contributed by atoms with van der Waals surface area (Å²) in [6.45, 7) is 7.77. The fourth-order valence-electron chi connectivity index (χ4n) is 3.13. The highest BCUT2D eigenvalue weighted by molar-refractivity contribution is 5.81. The molecule has 2 N–H and O–H groups in total. The van der Waals surface area contributed by atoms with Gasteiger partial charge < -0.3 is 10.5 Å². The van der Waals surface area contributed by atoms with E-state index in [1.165, 1.54) is 26.4 Å². The summed E-state index contributed by atoms with van der Waals surface area (Å²) in [6.07, 6.45) is 6.18. The molecule has 0 aromatic rings. The molecular weight excluding hydrogens is 240 g/mol. The van der Waals surface area contributed by atoms with Crippen molar-refractivity contribution in [2.75, 3.05) is 13.7 Å². The average molecular weight is 270 g/mol. The van der Waals surface area contributed by atoms with Crippen molar-refractivity contribution in [1.29, 1.82) is 0 Å². The Morgan fingerprint density at radius 2 is 2.16 bits per heavy atom. The summed E-state index contributed by atoms with van der Waals surface area (Å²) in [5.74, 6) is -0.257. The number of methoxy groups -OCH3 is 1. The standard InChI is InChI=1S/C15H30N2O2/c1-5-6-7-10-17(12(2)3)13-8-9-15(16,11-13)14(18)19-4/h12-13H,5-11,16H2,1-4H3. The van der Waals surface area contributed by atoms with Gasteiger partial charge in [-0.1, -0.05) is 19.8 Å². The van der Waals surface area contributed by atoms with E-state index in [2.05, 4.69) is 25.7 Å². The van der Waals surface area contributed by atoms with Gasteiger partial charge in [-0.2, -0.15) is 0 Å². The molecule has 0 heterocycles. The summed E-state index contributed by atoms with van der Waals surface area (Å²) in [4.78, 5) is 14.3. The third-order valence-electron chi connectivity index (χ3n) is 4.27.